The molecule has 3 unspecified atom stereocenters. The number of likely N-dealkylation sites (tertiary alicyclic amines) is 1. The fourth-order valence-corrected chi connectivity index (χ4v) is 1.90. The van der Waals surface area contributed by atoms with E-state index in [-0.39, 0.29) is 18.2 Å². The van der Waals surface area contributed by atoms with Gasteiger partial charge in [-0.3, -0.25) is 0 Å². The van der Waals surface area contributed by atoms with Crippen LogP contribution in [0.1, 0.15) is 13.3 Å². The van der Waals surface area contributed by atoms with E-state index in [4.69, 9.17) is 4.74 Å². The van der Waals surface area contributed by atoms with Crippen LogP contribution in [0.15, 0.2) is 0 Å². The second-order valence-corrected chi connectivity index (χ2v) is 3.39. The van der Waals surface area contributed by atoms with Crippen LogP contribution in [0, 0.1) is 5.92 Å². The van der Waals surface area contributed by atoms with Crippen molar-refractivity contribution in [1.82, 2.24) is 4.90 Å². The van der Waals surface area contributed by atoms with Gasteiger partial charge in [-0.05, 0) is 13.3 Å². The third-order valence-corrected chi connectivity index (χ3v) is 2.78. The first kappa shape index (κ1) is 7.86. The number of ether oxygens (including phenoxy) is 1. The van der Waals surface area contributed by atoms with Crippen LogP contribution >= 0.6 is 0 Å². The second-order valence-electron chi connectivity index (χ2n) is 3.39. The highest BCUT2D eigenvalue weighted by molar-refractivity contribution is 5.69. The normalized spacial score (nSPS) is 37.8. The number of nitrogens with zero attached hydrogens (tertiary/aromatic N) is 1. The van der Waals surface area contributed by atoms with E-state index in [1.807, 2.05) is 0 Å². The number of carbonyl (C=O) groups excluding carboxylic acids is 1. The van der Waals surface area contributed by atoms with Crippen molar-refractivity contribution in [2.75, 3.05) is 13.2 Å². The van der Waals surface area contributed by atoms with Crippen molar-refractivity contribution < 1.29 is 14.6 Å². The number of carbonyl (C=O) groups is 1. The molecule has 1 saturated carbocycles. The van der Waals surface area contributed by atoms with Crippen molar-refractivity contribution in [2.24, 2.45) is 5.92 Å². The Balaban J connectivity index is 1.82. The maximum absolute atomic E-state index is 11.1. The summed E-state index contributed by atoms with van der Waals surface area (Å²) in [6.07, 6.45) is 0.315. The van der Waals surface area contributed by atoms with Crippen LogP contribution in [0.4, 0.5) is 4.79 Å². The molecule has 1 aliphatic heterocycles. The number of aliphatic hydroxyl groups excluding tert-OH is 1. The highest BCUT2D eigenvalue weighted by Gasteiger charge is 2.54. The molecule has 0 bridgehead atoms. The molecule has 2 rings (SSSR count). The van der Waals surface area contributed by atoms with E-state index in [9.17, 15) is 9.90 Å². The van der Waals surface area contributed by atoms with Crippen molar-refractivity contribution in [3.05, 3.63) is 0 Å². The molecule has 68 valence electrons. The minimum Gasteiger partial charge on any atom is -0.450 e. The molecule has 0 aromatic heterocycles. The molecule has 2 aliphatic rings. The van der Waals surface area contributed by atoms with E-state index < -0.39 is 0 Å². The van der Waals surface area contributed by atoms with E-state index in [2.05, 4.69) is 0 Å². The summed E-state index contributed by atoms with van der Waals surface area (Å²) < 4.78 is 4.84. The van der Waals surface area contributed by atoms with Crippen LogP contribution in [0.25, 0.3) is 0 Å². The largest absolute Gasteiger partial charge is 0.450 e. The predicted molar refractivity (Wildman–Crippen MR) is 41.6 cm³/mol. The molecule has 0 spiro atoms. The fourth-order valence-electron chi connectivity index (χ4n) is 1.90. The molecular weight excluding hydrogens is 158 g/mol. The minimum atomic E-state index is -0.231. The lowest BCUT2D eigenvalue weighted by molar-refractivity contribution is -0.136. The van der Waals surface area contributed by atoms with Gasteiger partial charge in [0.15, 0.2) is 0 Å². The molecule has 1 heterocycles. The fraction of sp³-hybridized carbons (Fsp3) is 0.875. The van der Waals surface area contributed by atoms with Gasteiger partial charge >= 0.3 is 6.09 Å². The minimum absolute atomic E-state index is 0.180. The summed E-state index contributed by atoms with van der Waals surface area (Å²) in [5, 5.41) is 9.19. The first-order valence-corrected chi connectivity index (χ1v) is 4.35. The summed E-state index contributed by atoms with van der Waals surface area (Å²) in [6.45, 7) is 2.89. The van der Waals surface area contributed by atoms with Gasteiger partial charge < -0.3 is 14.7 Å². The van der Waals surface area contributed by atoms with Gasteiger partial charge in [0.05, 0.1) is 12.7 Å². The second kappa shape index (κ2) is 2.62. The van der Waals surface area contributed by atoms with Crippen LogP contribution in [0.3, 0.4) is 0 Å². The zero-order valence-electron chi connectivity index (χ0n) is 7.06. The third-order valence-electron chi connectivity index (χ3n) is 2.78. The monoisotopic (exact) mass is 171 g/mol. The van der Waals surface area contributed by atoms with E-state index in [0.29, 0.717) is 19.1 Å². The van der Waals surface area contributed by atoms with E-state index in [1.54, 1.807) is 11.8 Å². The number of hydrogen-bond acceptors (Lipinski definition) is 3. The Hall–Kier alpha value is -0.770. The van der Waals surface area contributed by atoms with Crippen molar-refractivity contribution in [1.29, 1.82) is 0 Å². The lowest BCUT2D eigenvalue weighted by atomic mass is 9.69. The first-order chi connectivity index (χ1) is 5.74. The van der Waals surface area contributed by atoms with Crippen molar-refractivity contribution in [3.63, 3.8) is 0 Å². The van der Waals surface area contributed by atoms with Crippen LogP contribution in [0.2, 0.25) is 0 Å². The Morgan fingerprint density at radius 2 is 2.50 bits per heavy atom. The molecule has 0 aromatic rings. The molecule has 0 aromatic carbocycles. The number of hydrogen-bond donors (Lipinski definition) is 1. The van der Waals surface area contributed by atoms with Crippen LogP contribution in [-0.4, -0.2) is 41.4 Å². The molecule has 1 amide bonds. The summed E-state index contributed by atoms with van der Waals surface area (Å²) in [7, 11) is 0. The number of fused-ring (bicyclic) bond motifs is 1. The molecule has 4 nitrogen and oxygen atoms in total. The molecule has 2 fully saturated rings. The average Bonchev–Trinajstić information content (AvgIpc) is 2.00. The zero-order chi connectivity index (χ0) is 8.72. The summed E-state index contributed by atoms with van der Waals surface area (Å²) in [4.78, 5) is 12.8. The molecule has 12 heavy (non-hydrogen) atoms. The number of aliphatic hydroxyl groups is 1. The van der Waals surface area contributed by atoms with Gasteiger partial charge in [0.1, 0.15) is 0 Å². The number of rotatable bonds is 1. The van der Waals surface area contributed by atoms with Crippen LogP contribution in [0.5, 0.6) is 0 Å². The molecule has 4 heteroatoms. The van der Waals surface area contributed by atoms with Gasteiger partial charge in [-0.25, -0.2) is 4.79 Å². The Kier molecular flexibility index (Phi) is 1.72. The van der Waals surface area contributed by atoms with Gasteiger partial charge in [0, 0.05) is 18.5 Å². The van der Waals surface area contributed by atoms with Crippen LogP contribution < -0.4 is 0 Å². The highest BCUT2D eigenvalue weighted by atomic mass is 16.6. The Bertz CT molecular complexity index is 206. The maximum atomic E-state index is 11.1. The van der Waals surface area contributed by atoms with Crippen LogP contribution in [-0.2, 0) is 4.74 Å². The molecule has 3 atom stereocenters. The molecule has 1 saturated heterocycles. The lowest BCUT2D eigenvalue weighted by Crippen LogP contribution is -2.70. The molecule has 1 N–H and O–H groups in total. The zero-order valence-corrected chi connectivity index (χ0v) is 7.06. The smallest absolute Gasteiger partial charge is 0.410 e. The predicted octanol–water partition coefficient (Wildman–Crippen LogP) is 0.208. The Labute approximate surface area is 71.1 Å². The summed E-state index contributed by atoms with van der Waals surface area (Å²) in [6, 6.07) is 0.263. The lowest BCUT2D eigenvalue weighted by Gasteiger charge is -2.57. The molecular formula is C8H13NO3. The Morgan fingerprint density at radius 3 is 2.92 bits per heavy atom. The van der Waals surface area contributed by atoms with Crippen molar-refractivity contribution in [2.45, 2.75) is 25.5 Å². The van der Waals surface area contributed by atoms with Gasteiger partial charge in [-0.2, -0.15) is 0 Å². The van der Waals surface area contributed by atoms with Gasteiger partial charge in [-0.1, -0.05) is 0 Å². The van der Waals surface area contributed by atoms with E-state index >= 15 is 0 Å². The summed E-state index contributed by atoms with van der Waals surface area (Å²) >= 11 is 0. The topological polar surface area (TPSA) is 49.8 Å². The molecule has 0 radical (unpaired) electrons. The number of piperidine rings is 1. The van der Waals surface area contributed by atoms with Gasteiger partial charge in [0.2, 0.25) is 0 Å². The standard InChI is InChI=1S/C8H13NO3/c1-2-12-8(11)9-4-5-6(9)3-7(5)10/h5-7,10H,2-4H2,1H3. The quantitative estimate of drug-likeness (QED) is 0.613. The van der Waals surface area contributed by atoms with Gasteiger partial charge in [0.25, 0.3) is 0 Å². The van der Waals surface area contributed by atoms with E-state index in [1.165, 1.54) is 0 Å². The van der Waals surface area contributed by atoms with Crippen molar-refractivity contribution >= 4 is 6.09 Å². The van der Waals surface area contributed by atoms with Gasteiger partial charge in [-0.15, -0.1) is 0 Å². The SMILES string of the molecule is CCOC(=O)N1CC2C(O)CC21. The average molecular weight is 171 g/mol. The third kappa shape index (κ3) is 0.909. The van der Waals surface area contributed by atoms with E-state index in [0.717, 1.165) is 6.42 Å². The number of amides is 1. The van der Waals surface area contributed by atoms with Crippen molar-refractivity contribution in [3.8, 4) is 0 Å². The highest BCUT2D eigenvalue weighted by Crippen LogP contribution is 2.41. The summed E-state index contributed by atoms with van der Waals surface area (Å²) in [5.41, 5.74) is 0. The Morgan fingerprint density at radius 1 is 1.75 bits per heavy atom. The maximum Gasteiger partial charge on any atom is 0.410 e. The molecule has 1 aliphatic carbocycles. The summed E-state index contributed by atoms with van der Waals surface area (Å²) in [5.74, 6) is 0.328. The first-order valence-electron chi connectivity index (χ1n) is 4.35.